The van der Waals surface area contributed by atoms with E-state index in [1.165, 1.54) is 10.6 Å². The second-order valence-electron chi connectivity index (χ2n) is 5.45. The van der Waals surface area contributed by atoms with Crippen LogP contribution < -0.4 is 5.56 Å². The number of aromatic nitrogens is 3. The second kappa shape index (κ2) is 6.36. The number of benzene rings is 1. The number of hydrogen-bond donors (Lipinski definition) is 0. The van der Waals surface area contributed by atoms with E-state index in [-0.39, 0.29) is 17.7 Å². The number of rotatable bonds is 3. The number of halogens is 5. The van der Waals surface area contributed by atoms with Gasteiger partial charge in [-0.25, -0.2) is 8.78 Å². The zero-order valence-electron chi connectivity index (χ0n) is 13.1. The van der Waals surface area contributed by atoms with Crippen LogP contribution in [0.25, 0.3) is 11.4 Å². The third-order valence-corrected chi connectivity index (χ3v) is 3.60. The van der Waals surface area contributed by atoms with Gasteiger partial charge in [0.2, 0.25) is 5.82 Å². The lowest BCUT2D eigenvalue weighted by atomic mass is 10.1. The van der Waals surface area contributed by atoms with Crippen molar-refractivity contribution in [1.82, 2.24) is 14.7 Å². The summed E-state index contributed by atoms with van der Waals surface area (Å²) in [6, 6.07) is 6.31. The Labute approximate surface area is 142 Å². The average Bonchev–Trinajstić information content (AvgIpc) is 3.00. The van der Waals surface area contributed by atoms with Gasteiger partial charge in [-0.15, -0.1) is 0 Å². The maximum Gasteiger partial charge on any atom is 0.471 e. The van der Waals surface area contributed by atoms with Gasteiger partial charge in [-0.3, -0.25) is 4.79 Å². The highest BCUT2D eigenvalue weighted by Gasteiger charge is 2.39. The Hall–Kier alpha value is -3.04. The lowest BCUT2D eigenvalue weighted by Crippen LogP contribution is -2.21. The van der Waals surface area contributed by atoms with Gasteiger partial charge in [-0.2, -0.15) is 18.2 Å². The summed E-state index contributed by atoms with van der Waals surface area (Å²) in [5.74, 6) is -4.90. The molecule has 0 amide bonds. The van der Waals surface area contributed by atoms with Crippen LogP contribution in [0.5, 0.6) is 0 Å². The van der Waals surface area contributed by atoms with Gasteiger partial charge in [0.1, 0.15) is 11.6 Å². The summed E-state index contributed by atoms with van der Waals surface area (Å²) in [5.41, 5.74) is -0.511. The Bertz CT molecular complexity index is 1000. The molecule has 0 spiro atoms. The van der Waals surface area contributed by atoms with Crippen molar-refractivity contribution in [3.8, 4) is 11.4 Å². The van der Waals surface area contributed by atoms with E-state index < -0.39 is 35.1 Å². The standard InChI is InChI=1S/C16H10F5N3O2/c1-8-3-2-4-12(25)24(8)7-9-5-10(17)13(11(18)6-9)14-22-15(26-23-14)16(19,20)21/h2-6H,7H2,1H3. The van der Waals surface area contributed by atoms with Crippen LogP contribution >= 0.6 is 0 Å². The second-order valence-corrected chi connectivity index (χ2v) is 5.45. The van der Waals surface area contributed by atoms with Crippen molar-refractivity contribution in [3.05, 3.63) is 69.5 Å². The average molecular weight is 371 g/mol. The molecule has 10 heteroatoms. The van der Waals surface area contributed by atoms with E-state index >= 15 is 0 Å². The zero-order chi connectivity index (χ0) is 19.1. The lowest BCUT2D eigenvalue weighted by Gasteiger charge is -2.10. The molecule has 0 atom stereocenters. The summed E-state index contributed by atoms with van der Waals surface area (Å²) in [4.78, 5) is 14.8. The van der Waals surface area contributed by atoms with E-state index in [0.29, 0.717) is 5.69 Å². The molecule has 0 saturated carbocycles. The molecule has 0 saturated heterocycles. The first-order valence-electron chi connectivity index (χ1n) is 7.22. The summed E-state index contributed by atoms with van der Waals surface area (Å²) >= 11 is 0. The fourth-order valence-electron chi connectivity index (χ4n) is 2.38. The van der Waals surface area contributed by atoms with Gasteiger partial charge in [0, 0.05) is 11.8 Å². The molecule has 3 rings (SSSR count). The van der Waals surface area contributed by atoms with Crippen molar-refractivity contribution in [1.29, 1.82) is 0 Å². The first kappa shape index (κ1) is 17.8. The molecule has 0 unspecified atom stereocenters. The molecule has 0 radical (unpaired) electrons. The Morgan fingerprint density at radius 3 is 2.35 bits per heavy atom. The fraction of sp³-hybridized carbons (Fsp3) is 0.188. The molecule has 5 nitrogen and oxygen atoms in total. The maximum absolute atomic E-state index is 14.3. The van der Waals surface area contributed by atoms with E-state index in [9.17, 15) is 26.7 Å². The van der Waals surface area contributed by atoms with Crippen molar-refractivity contribution in [2.45, 2.75) is 19.6 Å². The number of aryl methyl sites for hydroxylation is 1. The Morgan fingerprint density at radius 2 is 1.81 bits per heavy atom. The van der Waals surface area contributed by atoms with Crippen molar-refractivity contribution < 1.29 is 26.5 Å². The van der Waals surface area contributed by atoms with Crippen molar-refractivity contribution in [2.24, 2.45) is 0 Å². The van der Waals surface area contributed by atoms with Crippen LogP contribution in [0.4, 0.5) is 22.0 Å². The molecule has 2 heterocycles. The van der Waals surface area contributed by atoms with E-state index in [2.05, 4.69) is 14.7 Å². The van der Waals surface area contributed by atoms with Gasteiger partial charge in [-0.1, -0.05) is 11.2 Å². The highest BCUT2D eigenvalue weighted by Crippen LogP contribution is 2.31. The monoisotopic (exact) mass is 371 g/mol. The van der Waals surface area contributed by atoms with Gasteiger partial charge in [0.25, 0.3) is 5.56 Å². The maximum atomic E-state index is 14.3. The van der Waals surface area contributed by atoms with E-state index in [4.69, 9.17) is 0 Å². The van der Waals surface area contributed by atoms with Crippen LogP contribution in [0.2, 0.25) is 0 Å². The molecule has 0 aliphatic carbocycles. The minimum Gasteiger partial charge on any atom is -0.329 e. The number of pyridine rings is 1. The van der Waals surface area contributed by atoms with Crippen molar-refractivity contribution in [2.75, 3.05) is 0 Å². The minimum absolute atomic E-state index is 0.111. The van der Waals surface area contributed by atoms with Gasteiger partial charge < -0.3 is 9.09 Å². The lowest BCUT2D eigenvalue weighted by molar-refractivity contribution is -0.159. The van der Waals surface area contributed by atoms with Crippen molar-refractivity contribution >= 4 is 0 Å². The predicted octanol–water partition coefficient (Wildman–Crippen LogP) is 3.55. The largest absolute Gasteiger partial charge is 0.471 e. The van der Waals surface area contributed by atoms with Crippen LogP contribution in [0.3, 0.4) is 0 Å². The molecular formula is C16H10F5N3O2. The third kappa shape index (κ3) is 3.35. The molecule has 0 bridgehead atoms. The molecule has 2 aromatic heterocycles. The van der Waals surface area contributed by atoms with E-state index in [0.717, 1.165) is 12.1 Å². The molecule has 0 fully saturated rings. The SMILES string of the molecule is Cc1cccc(=O)n1Cc1cc(F)c(-c2noc(C(F)(F)F)n2)c(F)c1. The summed E-state index contributed by atoms with van der Waals surface area (Å²) < 4.78 is 71.3. The van der Waals surface area contributed by atoms with Gasteiger partial charge in [0.15, 0.2) is 0 Å². The highest BCUT2D eigenvalue weighted by atomic mass is 19.4. The Balaban J connectivity index is 1.99. The molecular weight excluding hydrogens is 361 g/mol. The Kier molecular flexibility index (Phi) is 4.34. The molecule has 0 aliphatic rings. The molecule has 3 aromatic rings. The molecule has 1 aromatic carbocycles. The normalized spacial score (nSPS) is 11.8. The third-order valence-electron chi connectivity index (χ3n) is 3.60. The van der Waals surface area contributed by atoms with Crippen LogP contribution in [0.15, 0.2) is 39.6 Å². The first-order chi connectivity index (χ1) is 12.2. The number of nitrogens with zero attached hydrogens (tertiary/aromatic N) is 3. The summed E-state index contributed by atoms with van der Waals surface area (Å²) in [7, 11) is 0. The molecule has 0 N–H and O–H groups in total. The number of alkyl halides is 3. The van der Waals surface area contributed by atoms with Crippen molar-refractivity contribution in [3.63, 3.8) is 0 Å². The molecule has 0 aliphatic heterocycles. The van der Waals surface area contributed by atoms with Gasteiger partial charge in [-0.05, 0) is 30.7 Å². The van der Waals surface area contributed by atoms with Crippen LogP contribution in [0.1, 0.15) is 17.1 Å². The zero-order valence-corrected chi connectivity index (χ0v) is 13.1. The summed E-state index contributed by atoms with van der Waals surface area (Å²) in [5, 5.41) is 2.98. The van der Waals surface area contributed by atoms with Crippen LogP contribution in [0, 0.1) is 18.6 Å². The van der Waals surface area contributed by atoms with Gasteiger partial charge in [0.05, 0.1) is 12.1 Å². The van der Waals surface area contributed by atoms with E-state index in [1.54, 1.807) is 19.1 Å². The Morgan fingerprint density at radius 1 is 1.15 bits per heavy atom. The molecule has 26 heavy (non-hydrogen) atoms. The minimum atomic E-state index is -4.93. The van der Waals surface area contributed by atoms with Crippen LogP contribution in [-0.2, 0) is 12.7 Å². The summed E-state index contributed by atoms with van der Waals surface area (Å²) in [6.45, 7) is 1.54. The predicted molar refractivity (Wildman–Crippen MR) is 79.2 cm³/mol. The molecule has 136 valence electrons. The quantitative estimate of drug-likeness (QED) is 0.661. The number of hydrogen-bond acceptors (Lipinski definition) is 4. The van der Waals surface area contributed by atoms with E-state index in [1.807, 2.05) is 0 Å². The summed E-state index contributed by atoms with van der Waals surface area (Å²) in [6.07, 6.45) is -4.93. The smallest absolute Gasteiger partial charge is 0.329 e. The first-order valence-corrected chi connectivity index (χ1v) is 7.22. The van der Waals surface area contributed by atoms with Gasteiger partial charge >= 0.3 is 12.1 Å². The highest BCUT2D eigenvalue weighted by molar-refractivity contribution is 5.57. The van der Waals surface area contributed by atoms with Crippen LogP contribution in [-0.4, -0.2) is 14.7 Å². The topological polar surface area (TPSA) is 60.9 Å². The fourth-order valence-corrected chi connectivity index (χ4v) is 2.38.